The zero-order valence-corrected chi connectivity index (χ0v) is 15.9. The normalized spacial score (nSPS) is 14.3. The number of nitrogens with zero attached hydrogens (tertiary/aromatic N) is 2. The largest absolute Gasteiger partial charge is 0.493 e. The molecule has 1 saturated heterocycles. The molecule has 0 bridgehead atoms. The van der Waals surface area contributed by atoms with Crippen molar-refractivity contribution in [3.05, 3.63) is 59.8 Å². The molecule has 1 N–H and O–H groups in total. The lowest BCUT2D eigenvalue weighted by atomic mass is 10.1. The molecule has 1 aliphatic heterocycles. The molecule has 1 aliphatic rings. The van der Waals surface area contributed by atoms with Crippen LogP contribution in [-0.2, 0) is 11.3 Å². The predicted octanol–water partition coefficient (Wildman–Crippen LogP) is 3.80. The van der Waals surface area contributed by atoms with Gasteiger partial charge in [0, 0.05) is 37.5 Å². The first-order valence-corrected chi connectivity index (χ1v) is 9.64. The van der Waals surface area contributed by atoms with E-state index in [2.05, 4.69) is 21.3 Å². The van der Waals surface area contributed by atoms with Gasteiger partial charge in [0.2, 0.25) is 5.91 Å². The first-order chi connectivity index (χ1) is 13.3. The Morgan fingerprint density at radius 3 is 2.85 bits per heavy atom. The van der Waals surface area contributed by atoms with Crippen molar-refractivity contribution >= 4 is 17.8 Å². The molecule has 0 spiro atoms. The minimum Gasteiger partial charge on any atom is -0.493 e. The van der Waals surface area contributed by atoms with E-state index in [0.29, 0.717) is 13.2 Å². The number of amides is 1. The maximum absolute atomic E-state index is 12.2. The number of hydrogen-bond acceptors (Lipinski definition) is 4. The van der Waals surface area contributed by atoms with Crippen molar-refractivity contribution in [1.82, 2.24) is 10.3 Å². The van der Waals surface area contributed by atoms with Crippen molar-refractivity contribution in [1.29, 1.82) is 0 Å². The Morgan fingerprint density at radius 1 is 1.22 bits per heavy atom. The van der Waals surface area contributed by atoms with Crippen molar-refractivity contribution < 1.29 is 9.53 Å². The molecule has 2 aromatic rings. The van der Waals surface area contributed by atoms with Gasteiger partial charge in [0.25, 0.3) is 0 Å². The Bertz CT molecular complexity index is 783. The molecular weight excluding hydrogens is 338 g/mol. The van der Waals surface area contributed by atoms with Crippen LogP contribution in [0.4, 0.5) is 5.82 Å². The summed E-state index contributed by atoms with van der Waals surface area (Å²) in [6.45, 7) is 5.15. The number of ether oxygens (including phenoxy) is 1. The molecule has 5 heteroatoms. The summed E-state index contributed by atoms with van der Waals surface area (Å²) >= 11 is 0. The molecule has 142 valence electrons. The van der Waals surface area contributed by atoms with E-state index < -0.39 is 0 Å². The molecule has 0 atom stereocenters. The summed E-state index contributed by atoms with van der Waals surface area (Å²) in [5, 5.41) is 2.94. The number of para-hydroxylation sites is 1. The quantitative estimate of drug-likeness (QED) is 0.758. The van der Waals surface area contributed by atoms with Gasteiger partial charge < -0.3 is 15.0 Å². The molecule has 5 nitrogen and oxygen atoms in total. The number of hydrogen-bond donors (Lipinski definition) is 1. The highest BCUT2D eigenvalue weighted by Crippen LogP contribution is 2.20. The lowest BCUT2D eigenvalue weighted by molar-refractivity contribution is -0.116. The minimum atomic E-state index is -0.127. The summed E-state index contributed by atoms with van der Waals surface area (Å²) in [5.41, 5.74) is 1.95. The lowest BCUT2D eigenvalue weighted by Gasteiger charge is -2.27. The van der Waals surface area contributed by atoms with Gasteiger partial charge in [-0.25, -0.2) is 4.98 Å². The van der Waals surface area contributed by atoms with Crippen molar-refractivity contribution in [2.24, 2.45) is 0 Å². The summed E-state index contributed by atoms with van der Waals surface area (Å²) < 4.78 is 5.57. The summed E-state index contributed by atoms with van der Waals surface area (Å²) in [4.78, 5) is 19.0. The molecule has 1 amide bonds. The van der Waals surface area contributed by atoms with E-state index >= 15 is 0 Å². The van der Waals surface area contributed by atoms with E-state index in [1.54, 1.807) is 12.2 Å². The van der Waals surface area contributed by atoms with Crippen molar-refractivity contribution in [2.75, 3.05) is 24.6 Å². The van der Waals surface area contributed by atoms with Crippen molar-refractivity contribution in [2.45, 2.75) is 32.7 Å². The van der Waals surface area contributed by atoms with E-state index in [0.717, 1.165) is 35.8 Å². The zero-order valence-electron chi connectivity index (χ0n) is 15.9. The Hall–Kier alpha value is -2.82. The third-order valence-electron chi connectivity index (χ3n) is 4.59. The van der Waals surface area contributed by atoms with Gasteiger partial charge in [0.1, 0.15) is 11.6 Å². The van der Waals surface area contributed by atoms with E-state index in [1.807, 2.05) is 43.5 Å². The highest BCUT2D eigenvalue weighted by molar-refractivity contribution is 5.92. The fourth-order valence-electron chi connectivity index (χ4n) is 3.19. The SMILES string of the molecule is CCOc1ccccc1/C=C/C(=O)NCc1ccnc(N2CCCCC2)c1. The molecule has 0 unspecified atom stereocenters. The number of nitrogens with one attached hydrogen (secondary N) is 1. The Morgan fingerprint density at radius 2 is 2.04 bits per heavy atom. The van der Waals surface area contributed by atoms with Crippen LogP contribution in [0.1, 0.15) is 37.3 Å². The molecule has 0 radical (unpaired) electrons. The maximum atomic E-state index is 12.2. The lowest BCUT2D eigenvalue weighted by Crippen LogP contribution is -2.30. The summed E-state index contributed by atoms with van der Waals surface area (Å²) in [6.07, 6.45) is 8.88. The van der Waals surface area contributed by atoms with Gasteiger partial charge in [-0.15, -0.1) is 0 Å². The van der Waals surface area contributed by atoms with Crippen molar-refractivity contribution in [3.63, 3.8) is 0 Å². The number of aromatic nitrogens is 1. The molecule has 27 heavy (non-hydrogen) atoms. The monoisotopic (exact) mass is 365 g/mol. The van der Waals surface area contributed by atoms with Crippen LogP contribution in [0.15, 0.2) is 48.7 Å². The summed E-state index contributed by atoms with van der Waals surface area (Å²) in [7, 11) is 0. The Balaban J connectivity index is 1.56. The third kappa shape index (κ3) is 5.58. The summed E-state index contributed by atoms with van der Waals surface area (Å²) in [5.74, 6) is 1.66. The summed E-state index contributed by atoms with van der Waals surface area (Å²) in [6, 6.07) is 11.7. The fourth-order valence-corrected chi connectivity index (χ4v) is 3.19. The molecule has 0 saturated carbocycles. The number of anilines is 1. The van der Waals surface area contributed by atoms with Crippen LogP contribution in [-0.4, -0.2) is 30.6 Å². The molecule has 2 heterocycles. The second kappa shape index (κ2) is 9.76. The highest BCUT2D eigenvalue weighted by atomic mass is 16.5. The molecule has 1 fully saturated rings. The Labute approximate surface area is 161 Å². The molecule has 0 aliphatic carbocycles. The average Bonchev–Trinajstić information content (AvgIpc) is 2.73. The van der Waals surface area contributed by atoms with Gasteiger partial charge in [0.05, 0.1) is 6.61 Å². The van der Waals surface area contributed by atoms with E-state index in [9.17, 15) is 4.79 Å². The number of benzene rings is 1. The van der Waals surface area contributed by atoms with E-state index in [1.165, 1.54) is 19.3 Å². The number of piperidine rings is 1. The van der Waals surface area contributed by atoms with Crippen LogP contribution in [0.3, 0.4) is 0 Å². The van der Waals surface area contributed by atoms with Gasteiger partial charge in [-0.2, -0.15) is 0 Å². The number of carbonyl (C=O) groups excluding carboxylic acids is 1. The van der Waals surface area contributed by atoms with Crippen LogP contribution in [0, 0.1) is 0 Å². The third-order valence-corrected chi connectivity index (χ3v) is 4.59. The smallest absolute Gasteiger partial charge is 0.244 e. The van der Waals surface area contributed by atoms with Crippen LogP contribution >= 0.6 is 0 Å². The Kier molecular flexibility index (Phi) is 6.85. The minimum absolute atomic E-state index is 0.127. The van der Waals surface area contributed by atoms with Gasteiger partial charge in [-0.3, -0.25) is 4.79 Å². The molecule has 3 rings (SSSR count). The van der Waals surface area contributed by atoms with Crippen LogP contribution in [0.25, 0.3) is 6.08 Å². The van der Waals surface area contributed by atoms with Crippen LogP contribution in [0.2, 0.25) is 0 Å². The molecule has 1 aromatic heterocycles. The number of carbonyl (C=O) groups is 1. The van der Waals surface area contributed by atoms with Crippen LogP contribution in [0.5, 0.6) is 5.75 Å². The van der Waals surface area contributed by atoms with Gasteiger partial charge in [-0.05, 0) is 56.0 Å². The molecular formula is C22H27N3O2. The number of pyridine rings is 1. The van der Waals surface area contributed by atoms with Gasteiger partial charge >= 0.3 is 0 Å². The highest BCUT2D eigenvalue weighted by Gasteiger charge is 2.12. The number of rotatable bonds is 7. The van der Waals surface area contributed by atoms with Gasteiger partial charge in [-0.1, -0.05) is 18.2 Å². The standard InChI is InChI=1S/C22H27N3O2/c1-2-27-20-9-5-4-8-19(20)10-11-22(26)24-17-18-12-13-23-21(16-18)25-14-6-3-7-15-25/h4-5,8-13,16H,2-3,6-7,14-15,17H2,1H3,(H,24,26)/b11-10+. The zero-order chi connectivity index (χ0) is 18.9. The van der Waals surface area contributed by atoms with Crippen molar-refractivity contribution in [3.8, 4) is 5.75 Å². The maximum Gasteiger partial charge on any atom is 0.244 e. The van der Waals surface area contributed by atoms with Gasteiger partial charge in [0.15, 0.2) is 0 Å². The second-order valence-electron chi connectivity index (χ2n) is 6.59. The van der Waals surface area contributed by atoms with Crippen LogP contribution < -0.4 is 15.0 Å². The predicted molar refractivity (Wildman–Crippen MR) is 109 cm³/mol. The topological polar surface area (TPSA) is 54.5 Å². The fraction of sp³-hybridized carbons (Fsp3) is 0.364. The first-order valence-electron chi connectivity index (χ1n) is 9.64. The first kappa shape index (κ1) is 19.0. The average molecular weight is 365 g/mol. The van der Waals surface area contributed by atoms with E-state index in [4.69, 9.17) is 4.74 Å². The molecule has 1 aromatic carbocycles. The van der Waals surface area contributed by atoms with E-state index in [-0.39, 0.29) is 5.91 Å². The second-order valence-corrected chi connectivity index (χ2v) is 6.59.